The van der Waals surface area contributed by atoms with Crippen molar-refractivity contribution in [2.24, 2.45) is 16.8 Å². The van der Waals surface area contributed by atoms with E-state index in [0.29, 0.717) is 18.3 Å². The zero-order chi connectivity index (χ0) is 11.1. The molecule has 4 N–H and O–H groups in total. The van der Waals surface area contributed by atoms with Crippen LogP contribution in [0.5, 0.6) is 0 Å². The molecule has 1 fully saturated rings. The first kappa shape index (κ1) is 12.3. The van der Waals surface area contributed by atoms with Crippen molar-refractivity contribution in [1.29, 1.82) is 0 Å². The van der Waals surface area contributed by atoms with Gasteiger partial charge in [-0.25, -0.2) is 0 Å². The van der Waals surface area contributed by atoms with Crippen LogP contribution in [0.4, 0.5) is 0 Å². The number of nitrogens with one attached hydrogen (secondary N) is 1. The first-order valence-electron chi connectivity index (χ1n) is 5.94. The Hall–Kier alpha value is -0.770. The molecule has 0 aromatic rings. The second-order valence-corrected chi connectivity index (χ2v) is 4.48. The van der Waals surface area contributed by atoms with E-state index in [1.54, 1.807) is 0 Å². The van der Waals surface area contributed by atoms with Crippen molar-refractivity contribution in [2.75, 3.05) is 6.54 Å². The van der Waals surface area contributed by atoms with E-state index in [0.717, 1.165) is 18.9 Å². The van der Waals surface area contributed by atoms with Gasteiger partial charge in [-0.1, -0.05) is 18.0 Å². The zero-order valence-electron chi connectivity index (χ0n) is 9.58. The maximum Gasteiger partial charge on any atom is 0.139 e. The maximum atomic E-state index is 8.36. The molecule has 0 aromatic heterocycles. The minimum Gasteiger partial charge on any atom is -0.409 e. The maximum absolute atomic E-state index is 8.36. The minimum atomic E-state index is 0.324. The molecule has 1 aliphatic rings. The van der Waals surface area contributed by atoms with Gasteiger partial charge in [-0.05, 0) is 38.6 Å². The highest BCUT2D eigenvalue weighted by molar-refractivity contribution is 5.79. The molecule has 88 valence electrons. The lowest BCUT2D eigenvalue weighted by Crippen LogP contribution is -2.33. The third-order valence-electron chi connectivity index (χ3n) is 3.31. The summed E-state index contributed by atoms with van der Waals surface area (Å²) in [5.41, 5.74) is 5.38. The van der Waals surface area contributed by atoms with E-state index in [1.807, 2.05) is 0 Å². The van der Waals surface area contributed by atoms with E-state index >= 15 is 0 Å². The molecule has 0 bridgehead atoms. The van der Waals surface area contributed by atoms with Gasteiger partial charge < -0.3 is 16.3 Å². The van der Waals surface area contributed by atoms with Crippen molar-refractivity contribution in [1.82, 2.24) is 5.32 Å². The summed E-state index contributed by atoms with van der Waals surface area (Å²) in [5.74, 6) is 1.18. The molecule has 0 unspecified atom stereocenters. The number of amidine groups is 1. The minimum absolute atomic E-state index is 0.324. The van der Waals surface area contributed by atoms with Gasteiger partial charge in [0.15, 0.2) is 0 Å². The highest BCUT2D eigenvalue weighted by atomic mass is 16.4. The fourth-order valence-electron chi connectivity index (χ4n) is 2.27. The van der Waals surface area contributed by atoms with Crippen LogP contribution in [0.25, 0.3) is 0 Å². The summed E-state index contributed by atoms with van der Waals surface area (Å²) in [6, 6.07) is 0.611. The summed E-state index contributed by atoms with van der Waals surface area (Å²) < 4.78 is 0. The lowest BCUT2D eigenvalue weighted by Gasteiger charge is -2.20. The van der Waals surface area contributed by atoms with E-state index in [-0.39, 0.29) is 0 Å². The Kier molecular flexibility index (Phi) is 5.47. The molecule has 4 heteroatoms. The van der Waals surface area contributed by atoms with Gasteiger partial charge >= 0.3 is 0 Å². The Bertz CT molecular complexity index is 200. The lowest BCUT2D eigenvalue weighted by molar-refractivity contribution is 0.316. The van der Waals surface area contributed by atoms with Gasteiger partial charge in [0.05, 0.1) is 0 Å². The average Bonchev–Trinajstić information content (AvgIpc) is 2.77. The average molecular weight is 213 g/mol. The van der Waals surface area contributed by atoms with Crippen LogP contribution in [0.1, 0.15) is 45.4 Å². The fraction of sp³-hybridized carbons (Fsp3) is 0.909. The van der Waals surface area contributed by atoms with Gasteiger partial charge in [0.2, 0.25) is 0 Å². The van der Waals surface area contributed by atoms with Gasteiger partial charge in [-0.15, -0.1) is 0 Å². The van der Waals surface area contributed by atoms with Gasteiger partial charge in [-0.3, -0.25) is 0 Å². The quantitative estimate of drug-likeness (QED) is 0.207. The summed E-state index contributed by atoms with van der Waals surface area (Å²) in [6.45, 7) is 3.22. The topological polar surface area (TPSA) is 70.6 Å². The Morgan fingerprint density at radius 1 is 1.53 bits per heavy atom. The molecule has 0 spiro atoms. The molecule has 0 saturated heterocycles. The highest BCUT2D eigenvalue weighted by Gasteiger charge is 2.20. The monoisotopic (exact) mass is 213 g/mol. The summed E-state index contributed by atoms with van der Waals surface area (Å²) in [7, 11) is 0. The first-order chi connectivity index (χ1) is 7.24. The number of rotatable bonds is 6. The van der Waals surface area contributed by atoms with Crippen LogP contribution in [0.3, 0.4) is 0 Å². The van der Waals surface area contributed by atoms with Gasteiger partial charge in [0.1, 0.15) is 5.84 Å². The van der Waals surface area contributed by atoms with E-state index in [9.17, 15) is 0 Å². The van der Waals surface area contributed by atoms with Gasteiger partial charge in [0, 0.05) is 12.5 Å². The Morgan fingerprint density at radius 2 is 2.20 bits per heavy atom. The summed E-state index contributed by atoms with van der Waals surface area (Å²) in [4.78, 5) is 0. The molecular formula is C11H23N3O. The largest absolute Gasteiger partial charge is 0.409 e. The number of hydrogen-bond donors (Lipinski definition) is 3. The van der Waals surface area contributed by atoms with Crippen molar-refractivity contribution in [3.63, 3.8) is 0 Å². The van der Waals surface area contributed by atoms with Crippen molar-refractivity contribution < 1.29 is 5.21 Å². The van der Waals surface area contributed by atoms with Gasteiger partial charge in [0.25, 0.3) is 0 Å². The molecule has 1 aliphatic carbocycles. The summed E-state index contributed by atoms with van der Waals surface area (Å²) in [5, 5.41) is 14.8. The highest BCUT2D eigenvalue weighted by Crippen LogP contribution is 2.27. The van der Waals surface area contributed by atoms with E-state index < -0.39 is 0 Å². The smallest absolute Gasteiger partial charge is 0.139 e. The van der Waals surface area contributed by atoms with Crippen LogP contribution < -0.4 is 11.1 Å². The van der Waals surface area contributed by atoms with Gasteiger partial charge in [-0.2, -0.15) is 0 Å². The second-order valence-electron chi connectivity index (χ2n) is 4.48. The third kappa shape index (κ3) is 4.51. The molecule has 0 amide bonds. The summed E-state index contributed by atoms with van der Waals surface area (Å²) in [6.07, 6.45) is 7.12. The molecule has 0 aliphatic heterocycles. The Morgan fingerprint density at radius 3 is 2.80 bits per heavy atom. The van der Waals surface area contributed by atoms with Crippen LogP contribution in [0, 0.1) is 5.92 Å². The number of nitrogens with two attached hydrogens (primary N) is 1. The molecule has 15 heavy (non-hydrogen) atoms. The molecule has 1 atom stereocenters. The molecule has 0 radical (unpaired) electrons. The predicted octanol–water partition coefficient (Wildman–Crippen LogP) is 1.68. The zero-order valence-corrected chi connectivity index (χ0v) is 9.58. The van der Waals surface area contributed by atoms with Crippen molar-refractivity contribution in [3.8, 4) is 0 Å². The van der Waals surface area contributed by atoms with Crippen molar-refractivity contribution >= 4 is 5.84 Å². The molecular weight excluding hydrogens is 190 g/mol. The van der Waals surface area contributed by atoms with Crippen LogP contribution in [0.15, 0.2) is 5.16 Å². The van der Waals surface area contributed by atoms with Crippen molar-refractivity contribution in [2.45, 2.75) is 51.5 Å². The van der Waals surface area contributed by atoms with Crippen LogP contribution in [-0.2, 0) is 0 Å². The molecule has 0 heterocycles. The number of oxime groups is 1. The molecule has 0 aromatic carbocycles. The van der Waals surface area contributed by atoms with Crippen molar-refractivity contribution in [3.05, 3.63) is 0 Å². The Balaban J connectivity index is 2.04. The normalized spacial score (nSPS) is 20.7. The standard InChI is InChI=1S/C11H23N3O/c1-9(10-5-2-3-6-10)13-8-4-7-11(12)14-15/h9-10,13,15H,2-8H2,1H3,(H2,12,14)/t9-/m0/s1. The second kappa shape index (κ2) is 6.67. The fourth-order valence-corrected chi connectivity index (χ4v) is 2.27. The first-order valence-corrected chi connectivity index (χ1v) is 5.94. The number of hydrogen-bond acceptors (Lipinski definition) is 3. The van der Waals surface area contributed by atoms with Crippen LogP contribution in [-0.4, -0.2) is 23.6 Å². The van der Waals surface area contributed by atoms with Crippen LogP contribution in [0.2, 0.25) is 0 Å². The third-order valence-corrected chi connectivity index (χ3v) is 3.31. The van der Waals surface area contributed by atoms with Crippen LogP contribution >= 0.6 is 0 Å². The van der Waals surface area contributed by atoms with E-state index in [1.165, 1.54) is 25.7 Å². The molecule has 4 nitrogen and oxygen atoms in total. The van der Waals surface area contributed by atoms with E-state index in [4.69, 9.17) is 10.9 Å². The molecule has 1 saturated carbocycles. The Labute approximate surface area is 91.9 Å². The SMILES string of the molecule is C[C@H](NCCCC(N)=NO)C1CCCC1. The predicted molar refractivity (Wildman–Crippen MR) is 62.1 cm³/mol. The number of nitrogens with zero attached hydrogens (tertiary/aromatic N) is 1. The summed E-state index contributed by atoms with van der Waals surface area (Å²) >= 11 is 0. The lowest BCUT2D eigenvalue weighted by atomic mass is 10.00. The molecule has 1 rings (SSSR count). The van der Waals surface area contributed by atoms with E-state index in [2.05, 4.69) is 17.4 Å².